The van der Waals surface area contributed by atoms with Gasteiger partial charge in [0, 0.05) is 44.8 Å². The van der Waals surface area contributed by atoms with Crippen LogP contribution in [0.15, 0.2) is 23.1 Å². The molecule has 0 radical (unpaired) electrons. The Morgan fingerprint density at radius 3 is 2.68 bits per heavy atom. The van der Waals surface area contributed by atoms with Crippen LogP contribution in [-0.4, -0.2) is 58.5 Å². The predicted octanol–water partition coefficient (Wildman–Crippen LogP) is -0.723. The first kappa shape index (κ1) is 16.9. The van der Waals surface area contributed by atoms with Crippen molar-refractivity contribution in [2.75, 3.05) is 39.3 Å². The first-order valence-electron chi connectivity index (χ1n) is 7.23. The van der Waals surface area contributed by atoms with Gasteiger partial charge in [-0.3, -0.25) is 9.69 Å². The van der Waals surface area contributed by atoms with E-state index in [9.17, 15) is 13.2 Å². The lowest BCUT2D eigenvalue weighted by atomic mass is 10.1. The van der Waals surface area contributed by atoms with E-state index in [4.69, 9.17) is 5.73 Å². The van der Waals surface area contributed by atoms with Gasteiger partial charge in [-0.1, -0.05) is 6.07 Å². The molecule has 1 aliphatic rings. The number of carbonyl (C=O) groups is 1. The molecule has 1 aliphatic heterocycles. The molecule has 2 rings (SSSR count). The summed E-state index contributed by atoms with van der Waals surface area (Å²) in [6.45, 7) is 6.39. The van der Waals surface area contributed by atoms with Crippen LogP contribution in [0.4, 0.5) is 0 Å². The number of nitrogens with two attached hydrogens (primary N) is 1. The third-order valence-corrected chi connectivity index (χ3v) is 5.17. The Morgan fingerprint density at radius 1 is 1.36 bits per heavy atom. The van der Waals surface area contributed by atoms with Crippen molar-refractivity contribution >= 4 is 15.9 Å². The van der Waals surface area contributed by atoms with Crippen LogP contribution in [0, 0.1) is 6.92 Å². The van der Waals surface area contributed by atoms with Gasteiger partial charge in [-0.05, 0) is 24.6 Å². The van der Waals surface area contributed by atoms with Crippen molar-refractivity contribution in [3.8, 4) is 0 Å². The van der Waals surface area contributed by atoms with E-state index in [0.717, 1.165) is 26.2 Å². The second-order valence-corrected chi connectivity index (χ2v) is 7.10. The molecule has 1 heterocycles. The number of carbonyl (C=O) groups excluding carboxylic acids is 1. The van der Waals surface area contributed by atoms with Gasteiger partial charge in [0.1, 0.15) is 0 Å². The summed E-state index contributed by atoms with van der Waals surface area (Å²) in [4.78, 5) is 13.6. The zero-order valence-corrected chi connectivity index (χ0v) is 13.4. The standard InChI is InChI=1S/C14H22N4O3S/c1-11-2-3-12(10-13(11)14(15)19)22(20,21)17-6-9-18-7-4-16-5-8-18/h2-3,10,16-17H,4-9H2,1H3,(H2,15,19). The molecule has 1 aromatic rings. The smallest absolute Gasteiger partial charge is 0.249 e. The van der Waals surface area contributed by atoms with Crippen LogP contribution in [0.1, 0.15) is 15.9 Å². The molecule has 8 heteroatoms. The second kappa shape index (κ2) is 7.19. The molecule has 4 N–H and O–H groups in total. The number of rotatable bonds is 6. The minimum absolute atomic E-state index is 0.0622. The van der Waals surface area contributed by atoms with Crippen LogP contribution >= 0.6 is 0 Å². The zero-order valence-electron chi connectivity index (χ0n) is 12.6. The fourth-order valence-electron chi connectivity index (χ4n) is 2.39. The summed E-state index contributed by atoms with van der Waals surface area (Å²) < 4.78 is 27.1. The number of aryl methyl sites for hydroxylation is 1. The SMILES string of the molecule is Cc1ccc(S(=O)(=O)NCCN2CCNCC2)cc1C(N)=O. The number of nitrogens with one attached hydrogen (secondary N) is 2. The number of hydrogen-bond acceptors (Lipinski definition) is 5. The van der Waals surface area contributed by atoms with Gasteiger partial charge >= 0.3 is 0 Å². The second-order valence-electron chi connectivity index (χ2n) is 5.33. The van der Waals surface area contributed by atoms with Gasteiger partial charge in [-0.15, -0.1) is 0 Å². The minimum atomic E-state index is -3.63. The summed E-state index contributed by atoms with van der Waals surface area (Å²) in [5, 5.41) is 3.25. The molecule has 7 nitrogen and oxygen atoms in total. The molecule has 1 amide bonds. The highest BCUT2D eigenvalue weighted by atomic mass is 32.2. The van der Waals surface area contributed by atoms with Crippen molar-refractivity contribution in [1.29, 1.82) is 0 Å². The molecule has 0 unspecified atom stereocenters. The van der Waals surface area contributed by atoms with E-state index in [-0.39, 0.29) is 10.5 Å². The van der Waals surface area contributed by atoms with Gasteiger partial charge in [0.15, 0.2) is 0 Å². The van der Waals surface area contributed by atoms with Crippen molar-refractivity contribution in [3.05, 3.63) is 29.3 Å². The number of amides is 1. The molecule has 0 aliphatic carbocycles. The van der Waals surface area contributed by atoms with Crippen molar-refractivity contribution in [2.24, 2.45) is 5.73 Å². The Labute approximate surface area is 130 Å². The first-order chi connectivity index (χ1) is 10.4. The fraction of sp³-hybridized carbons (Fsp3) is 0.500. The Balaban J connectivity index is 2.00. The third kappa shape index (κ3) is 4.26. The fourth-order valence-corrected chi connectivity index (χ4v) is 3.44. The van der Waals surface area contributed by atoms with Crippen LogP contribution in [0.3, 0.4) is 0 Å². The number of sulfonamides is 1. The van der Waals surface area contributed by atoms with E-state index in [2.05, 4.69) is 14.9 Å². The summed E-state index contributed by atoms with van der Waals surface area (Å²) >= 11 is 0. The summed E-state index contributed by atoms with van der Waals surface area (Å²) in [7, 11) is -3.63. The molecule has 1 fully saturated rings. The Bertz CT molecular complexity index is 639. The molecule has 0 atom stereocenters. The average Bonchev–Trinajstić information content (AvgIpc) is 2.48. The normalized spacial score (nSPS) is 16.6. The van der Waals surface area contributed by atoms with Gasteiger partial charge in [0.25, 0.3) is 0 Å². The molecular weight excluding hydrogens is 304 g/mol. The Hall–Kier alpha value is -1.48. The number of primary amides is 1. The lowest BCUT2D eigenvalue weighted by molar-refractivity contribution is 0.0999. The predicted molar refractivity (Wildman–Crippen MR) is 84.2 cm³/mol. The maximum Gasteiger partial charge on any atom is 0.249 e. The summed E-state index contributed by atoms with van der Waals surface area (Å²) in [5.41, 5.74) is 6.14. The van der Waals surface area contributed by atoms with Crippen molar-refractivity contribution in [1.82, 2.24) is 14.9 Å². The average molecular weight is 326 g/mol. The molecular formula is C14H22N4O3S. The third-order valence-electron chi connectivity index (χ3n) is 3.71. The number of nitrogens with zero attached hydrogens (tertiary/aromatic N) is 1. The van der Waals surface area contributed by atoms with Crippen molar-refractivity contribution in [2.45, 2.75) is 11.8 Å². The minimum Gasteiger partial charge on any atom is -0.366 e. The molecule has 1 aromatic carbocycles. The quantitative estimate of drug-likeness (QED) is 0.640. The summed E-state index contributed by atoms with van der Waals surface area (Å²) in [6.07, 6.45) is 0. The summed E-state index contributed by atoms with van der Waals surface area (Å²) in [5.74, 6) is -0.629. The van der Waals surface area contributed by atoms with E-state index in [1.54, 1.807) is 13.0 Å². The molecule has 1 saturated heterocycles. The van der Waals surface area contributed by atoms with Gasteiger partial charge in [0.05, 0.1) is 4.90 Å². The topological polar surface area (TPSA) is 105 Å². The van der Waals surface area contributed by atoms with E-state index in [0.29, 0.717) is 18.7 Å². The van der Waals surface area contributed by atoms with E-state index in [1.807, 2.05) is 0 Å². The lowest BCUT2D eigenvalue weighted by Crippen LogP contribution is -2.46. The first-order valence-corrected chi connectivity index (χ1v) is 8.71. The molecule has 0 aromatic heterocycles. The van der Waals surface area contributed by atoms with Gasteiger partial charge in [-0.2, -0.15) is 0 Å². The van der Waals surface area contributed by atoms with Crippen LogP contribution in [0.5, 0.6) is 0 Å². The van der Waals surface area contributed by atoms with Crippen LogP contribution in [0.25, 0.3) is 0 Å². The number of benzene rings is 1. The van der Waals surface area contributed by atoms with Gasteiger partial charge in [0.2, 0.25) is 15.9 Å². The molecule has 0 spiro atoms. The van der Waals surface area contributed by atoms with Gasteiger partial charge < -0.3 is 11.1 Å². The highest BCUT2D eigenvalue weighted by Crippen LogP contribution is 2.15. The highest BCUT2D eigenvalue weighted by molar-refractivity contribution is 7.89. The van der Waals surface area contributed by atoms with E-state index >= 15 is 0 Å². The molecule has 122 valence electrons. The molecule has 0 bridgehead atoms. The maximum absolute atomic E-state index is 12.3. The monoisotopic (exact) mass is 326 g/mol. The van der Waals surface area contributed by atoms with E-state index < -0.39 is 15.9 Å². The highest BCUT2D eigenvalue weighted by Gasteiger charge is 2.17. The van der Waals surface area contributed by atoms with Crippen LogP contribution in [0.2, 0.25) is 0 Å². The van der Waals surface area contributed by atoms with E-state index in [1.165, 1.54) is 12.1 Å². The Morgan fingerprint density at radius 2 is 2.05 bits per heavy atom. The summed E-state index contributed by atoms with van der Waals surface area (Å²) in [6, 6.07) is 4.39. The number of hydrogen-bond donors (Lipinski definition) is 3. The molecule has 22 heavy (non-hydrogen) atoms. The Kier molecular flexibility index (Phi) is 5.52. The van der Waals surface area contributed by atoms with Crippen LogP contribution < -0.4 is 15.8 Å². The lowest BCUT2D eigenvalue weighted by Gasteiger charge is -2.27. The van der Waals surface area contributed by atoms with Crippen LogP contribution in [-0.2, 0) is 10.0 Å². The van der Waals surface area contributed by atoms with Crippen molar-refractivity contribution in [3.63, 3.8) is 0 Å². The number of piperazine rings is 1. The largest absolute Gasteiger partial charge is 0.366 e. The molecule has 0 saturated carbocycles. The van der Waals surface area contributed by atoms with Gasteiger partial charge in [-0.25, -0.2) is 13.1 Å². The van der Waals surface area contributed by atoms with Crippen molar-refractivity contribution < 1.29 is 13.2 Å². The maximum atomic E-state index is 12.3. The zero-order chi connectivity index (χ0) is 16.2.